The van der Waals surface area contributed by atoms with Crippen LogP contribution in [0.5, 0.6) is 0 Å². The van der Waals surface area contributed by atoms with E-state index in [1.807, 2.05) is 13.8 Å². The predicted octanol–water partition coefficient (Wildman–Crippen LogP) is 4.85. The number of aromatic nitrogens is 2. The molecule has 0 unspecified atom stereocenters. The predicted molar refractivity (Wildman–Crippen MR) is 79.4 cm³/mol. The van der Waals surface area contributed by atoms with Crippen molar-refractivity contribution < 1.29 is 8.78 Å². The number of nitrogens with zero attached hydrogens (tertiary/aromatic N) is 2. The van der Waals surface area contributed by atoms with Crippen molar-refractivity contribution in [1.29, 1.82) is 0 Å². The SMILES string of the molecule is Cc1ccc(F)cc1-c1nc(Cl)c2c(C)ccc(F)c2n1. The molecule has 0 aliphatic heterocycles. The highest BCUT2D eigenvalue weighted by atomic mass is 35.5. The van der Waals surface area contributed by atoms with Gasteiger partial charge in [-0.3, -0.25) is 0 Å². The van der Waals surface area contributed by atoms with E-state index in [2.05, 4.69) is 9.97 Å². The Balaban J connectivity index is 2.35. The molecule has 3 aromatic rings. The topological polar surface area (TPSA) is 25.8 Å². The van der Waals surface area contributed by atoms with Crippen LogP contribution in [0.25, 0.3) is 22.3 Å². The standard InChI is InChI=1S/C16H11ClF2N2/c1-8-3-5-10(18)7-11(8)16-20-14-12(19)6-4-9(2)13(14)15(17)21-16/h3-7H,1-2H3. The smallest absolute Gasteiger partial charge is 0.161 e. The highest BCUT2D eigenvalue weighted by Crippen LogP contribution is 2.30. The van der Waals surface area contributed by atoms with Crippen molar-refractivity contribution in [2.75, 3.05) is 0 Å². The summed E-state index contributed by atoms with van der Waals surface area (Å²) in [7, 11) is 0. The maximum atomic E-state index is 14.0. The van der Waals surface area contributed by atoms with Crippen LogP contribution in [-0.2, 0) is 0 Å². The van der Waals surface area contributed by atoms with Gasteiger partial charge >= 0.3 is 0 Å². The zero-order chi connectivity index (χ0) is 15.1. The summed E-state index contributed by atoms with van der Waals surface area (Å²) in [5, 5.41) is 0.644. The zero-order valence-corrected chi connectivity index (χ0v) is 12.2. The molecule has 2 aromatic carbocycles. The first-order valence-electron chi connectivity index (χ1n) is 6.36. The van der Waals surface area contributed by atoms with Gasteiger partial charge in [0.25, 0.3) is 0 Å². The first kappa shape index (κ1) is 13.9. The molecule has 106 valence electrons. The van der Waals surface area contributed by atoms with E-state index in [4.69, 9.17) is 11.6 Å². The average molecular weight is 305 g/mol. The van der Waals surface area contributed by atoms with Gasteiger partial charge < -0.3 is 0 Å². The van der Waals surface area contributed by atoms with Gasteiger partial charge in [0.15, 0.2) is 5.82 Å². The Kier molecular flexibility index (Phi) is 3.33. The van der Waals surface area contributed by atoms with E-state index >= 15 is 0 Å². The number of halogens is 3. The van der Waals surface area contributed by atoms with E-state index < -0.39 is 11.6 Å². The lowest BCUT2D eigenvalue weighted by molar-refractivity contribution is 0.627. The van der Waals surface area contributed by atoms with Crippen LogP contribution in [0.2, 0.25) is 5.15 Å². The second-order valence-corrected chi connectivity index (χ2v) is 5.24. The van der Waals surface area contributed by atoms with Crippen molar-refractivity contribution in [3.8, 4) is 11.4 Å². The van der Waals surface area contributed by atoms with Gasteiger partial charge in [-0.1, -0.05) is 23.7 Å². The van der Waals surface area contributed by atoms with Crippen LogP contribution in [0, 0.1) is 25.5 Å². The fourth-order valence-corrected chi connectivity index (χ4v) is 2.59. The van der Waals surface area contributed by atoms with Crippen LogP contribution in [0.4, 0.5) is 8.78 Å². The molecule has 21 heavy (non-hydrogen) atoms. The molecule has 0 radical (unpaired) electrons. The van der Waals surface area contributed by atoms with Crippen molar-refractivity contribution in [2.24, 2.45) is 0 Å². The maximum Gasteiger partial charge on any atom is 0.161 e. The first-order chi connectivity index (χ1) is 9.97. The molecule has 0 aliphatic carbocycles. The number of hydrogen-bond donors (Lipinski definition) is 0. The van der Waals surface area contributed by atoms with E-state index in [9.17, 15) is 8.78 Å². The van der Waals surface area contributed by atoms with Crippen LogP contribution >= 0.6 is 11.6 Å². The molecule has 0 spiro atoms. The largest absolute Gasteiger partial charge is 0.225 e. The molecule has 0 atom stereocenters. The lowest BCUT2D eigenvalue weighted by Gasteiger charge is -2.09. The molecule has 0 aliphatic rings. The maximum absolute atomic E-state index is 14.0. The van der Waals surface area contributed by atoms with Gasteiger partial charge in [0.05, 0.1) is 0 Å². The van der Waals surface area contributed by atoms with E-state index in [0.29, 0.717) is 10.9 Å². The summed E-state index contributed by atoms with van der Waals surface area (Å²) in [6.07, 6.45) is 0. The third-order valence-corrected chi connectivity index (χ3v) is 3.68. The fraction of sp³-hybridized carbons (Fsp3) is 0.125. The molecule has 1 heterocycles. The lowest BCUT2D eigenvalue weighted by atomic mass is 10.1. The second-order valence-electron chi connectivity index (χ2n) is 4.89. The fourth-order valence-electron chi connectivity index (χ4n) is 2.27. The number of benzene rings is 2. The third kappa shape index (κ3) is 2.36. The summed E-state index contributed by atoms with van der Waals surface area (Å²) in [4.78, 5) is 8.43. The highest BCUT2D eigenvalue weighted by molar-refractivity contribution is 6.34. The first-order valence-corrected chi connectivity index (χ1v) is 6.74. The molecular weight excluding hydrogens is 294 g/mol. The number of hydrogen-bond acceptors (Lipinski definition) is 2. The van der Waals surface area contributed by atoms with Crippen LogP contribution in [0.15, 0.2) is 30.3 Å². The monoisotopic (exact) mass is 304 g/mol. The molecule has 1 aromatic heterocycles. The van der Waals surface area contributed by atoms with Gasteiger partial charge in [0, 0.05) is 10.9 Å². The molecule has 0 amide bonds. The molecule has 5 heteroatoms. The normalized spacial score (nSPS) is 11.1. The molecule has 2 nitrogen and oxygen atoms in total. The van der Waals surface area contributed by atoms with Gasteiger partial charge in [0.1, 0.15) is 22.3 Å². The molecule has 3 rings (SSSR count). The Morgan fingerprint density at radius 2 is 1.67 bits per heavy atom. The lowest BCUT2D eigenvalue weighted by Crippen LogP contribution is -1.97. The Bertz CT molecular complexity index is 863. The van der Waals surface area contributed by atoms with Crippen molar-refractivity contribution in [1.82, 2.24) is 9.97 Å². The van der Waals surface area contributed by atoms with E-state index in [0.717, 1.165) is 11.1 Å². The van der Waals surface area contributed by atoms with Crippen molar-refractivity contribution in [3.63, 3.8) is 0 Å². The minimum atomic E-state index is -0.477. The molecule has 0 fully saturated rings. The van der Waals surface area contributed by atoms with Crippen LogP contribution in [0.1, 0.15) is 11.1 Å². The quantitative estimate of drug-likeness (QED) is 0.601. The second kappa shape index (κ2) is 5.04. The molecule has 0 saturated heterocycles. The third-order valence-electron chi connectivity index (χ3n) is 3.41. The molecule has 0 bridgehead atoms. The zero-order valence-electron chi connectivity index (χ0n) is 11.4. The van der Waals surface area contributed by atoms with Gasteiger partial charge in [-0.25, -0.2) is 18.7 Å². The Morgan fingerprint density at radius 3 is 2.43 bits per heavy atom. The van der Waals surface area contributed by atoms with E-state index in [1.165, 1.54) is 18.2 Å². The van der Waals surface area contributed by atoms with E-state index in [-0.39, 0.29) is 16.5 Å². The van der Waals surface area contributed by atoms with Gasteiger partial charge in [-0.15, -0.1) is 0 Å². The van der Waals surface area contributed by atoms with Crippen molar-refractivity contribution >= 4 is 22.5 Å². The molecule has 0 N–H and O–H groups in total. The summed E-state index contributed by atoms with van der Waals surface area (Å²) in [6, 6.07) is 7.26. The van der Waals surface area contributed by atoms with Crippen LogP contribution in [-0.4, -0.2) is 9.97 Å². The van der Waals surface area contributed by atoms with Gasteiger partial charge in [-0.2, -0.15) is 0 Å². The summed E-state index contributed by atoms with van der Waals surface area (Å²) in [6.45, 7) is 3.62. The van der Waals surface area contributed by atoms with Crippen LogP contribution in [0.3, 0.4) is 0 Å². The van der Waals surface area contributed by atoms with E-state index in [1.54, 1.807) is 12.1 Å². The average Bonchev–Trinajstić information content (AvgIpc) is 2.45. The van der Waals surface area contributed by atoms with Crippen molar-refractivity contribution in [3.05, 3.63) is 58.2 Å². The summed E-state index contributed by atoms with van der Waals surface area (Å²) >= 11 is 6.17. The Labute approximate surface area is 125 Å². The minimum Gasteiger partial charge on any atom is -0.225 e. The number of rotatable bonds is 1. The number of fused-ring (bicyclic) bond motifs is 1. The highest BCUT2D eigenvalue weighted by Gasteiger charge is 2.15. The minimum absolute atomic E-state index is 0.147. The summed E-state index contributed by atoms with van der Waals surface area (Å²) in [5.41, 5.74) is 2.23. The van der Waals surface area contributed by atoms with Crippen LogP contribution < -0.4 is 0 Å². The number of aryl methyl sites for hydroxylation is 2. The molecular formula is C16H11ClF2N2. The summed E-state index contributed by atoms with van der Waals surface area (Å²) < 4.78 is 27.4. The Hall–Kier alpha value is -2.07. The molecule has 0 saturated carbocycles. The Morgan fingerprint density at radius 1 is 0.952 bits per heavy atom. The van der Waals surface area contributed by atoms with Crippen molar-refractivity contribution in [2.45, 2.75) is 13.8 Å². The van der Waals surface area contributed by atoms with Gasteiger partial charge in [-0.05, 0) is 43.2 Å². The van der Waals surface area contributed by atoms with Gasteiger partial charge in [0.2, 0.25) is 0 Å². The summed E-state index contributed by atoms with van der Waals surface area (Å²) in [5.74, 6) is -0.663.